The topological polar surface area (TPSA) is 66.4 Å². The van der Waals surface area contributed by atoms with Crippen LogP contribution in [0.15, 0.2) is 52.3 Å². The number of phenolic OH excluding ortho intramolecular Hbond substituents is 1. The monoisotopic (exact) mass is 405 g/mol. The zero-order valence-electron chi connectivity index (χ0n) is 15.8. The molecule has 1 aliphatic rings. The number of hydrogen-bond acceptors (Lipinski definition) is 4. The largest absolute Gasteiger partial charge is 0.507 e. The third-order valence-corrected chi connectivity index (χ3v) is 7.51. The summed E-state index contributed by atoms with van der Waals surface area (Å²) >= 11 is 1.53. The fourth-order valence-corrected chi connectivity index (χ4v) is 6.00. The summed E-state index contributed by atoms with van der Waals surface area (Å²) in [7, 11) is -3.67. The maximum absolute atomic E-state index is 13.0. The van der Waals surface area contributed by atoms with Gasteiger partial charge in [-0.25, -0.2) is 13.1 Å². The van der Waals surface area contributed by atoms with E-state index >= 15 is 0 Å². The number of aromatic hydroxyl groups is 1. The highest BCUT2D eigenvalue weighted by atomic mass is 32.2. The SMILES string of the molecule is CCCCC1CC(c2ccccc2)c2cc(SCC)c(O)cc2S(=O)(=O)N1. The quantitative estimate of drug-likeness (QED) is 0.673. The van der Waals surface area contributed by atoms with E-state index in [0.717, 1.165) is 47.5 Å². The molecule has 0 radical (unpaired) electrons. The molecular weight excluding hydrogens is 378 g/mol. The lowest BCUT2D eigenvalue weighted by atomic mass is 9.85. The first-order chi connectivity index (χ1) is 13.0. The lowest BCUT2D eigenvalue weighted by Crippen LogP contribution is -2.33. The molecule has 0 amide bonds. The lowest BCUT2D eigenvalue weighted by molar-refractivity contribution is 0.459. The van der Waals surface area contributed by atoms with Gasteiger partial charge in [0.25, 0.3) is 0 Å². The van der Waals surface area contributed by atoms with Crippen molar-refractivity contribution in [1.29, 1.82) is 0 Å². The van der Waals surface area contributed by atoms with E-state index in [-0.39, 0.29) is 22.6 Å². The van der Waals surface area contributed by atoms with Crippen LogP contribution in [0.1, 0.15) is 56.6 Å². The zero-order valence-corrected chi connectivity index (χ0v) is 17.4. The molecule has 0 aromatic heterocycles. The Bertz CT molecular complexity index is 882. The van der Waals surface area contributed by atoms with Crippen molar-refractivity contribution in [3.8, 4) is 5.75 Å². The predicted octanol–water partition coefficient (Wildman–Crippen LogP) is 4.88. The van der Waals surface area contributed by atoms with E-state index in [1.165, 1.54) is 17.8 Å². The standard InChI is InChI=1S/C21H27NO3S2/c1-3-5-11-16-12-17(15-9-7-6-8-10-15)18-13-20(26-4-2)19(23)14-21(18)27(24,25)22-16/h6-10,13-14,16-17,22-23H,3-5,11-12H2,1-2H3. The Morgan fingerprint density at radius 3 is 2.59 bits per heavy atom. The van der Waals surface area contributed by atoms with Crippen LogP contribution in [-0.2, 0) is 10.0 Å². The van der Waals surface area contributed by atoms with Gasteiger partial charge in [-0.3, -0.25) is 0 Å². The van der Waals surface area contributed by atoms with Crippen LogP contribution in [0.3, 0.4) is 0 Å². The van der Waals surface area contributed by atoms with Crippen molar-refractivity contribution in [3.63, 3.8) is 0 Å². The number of fused-ring (bicyclic) bond motifs is 1. The van der Waals surface area contributed by atoms with Crippen LogP contribution in [0.5, 0.6) is 5.75 Å². The molecule has 6 heteroatoms. The smallest absolute Gasteiger partial charge is 0.241 e. The molecule has 3 rings (SSSR count). The minimum absolute atomic E-state index is 0.0235. The van der Waals surface area contributed by atoms with Crippen LogP contribution in [-0.4, -0.2) is 25.3 Å². The number of hydrogen-bond donors (Lipinski definition) is 2. The molecule has 2 unspecified atom stereocenters. The molecule has 0 saturated carbocycles. The molecule has 0 aliphatic carbocycles. The molecule has 0 fully saturated rings. The first kappa shape index (κ1) is 20.2. The highest BCUT2D eigenvalue weighted by Gasteiger charge is 2.34. The average molecular weight is 406 g/mol. The second-order valence-electron chi connectivity index (χ2n) is 6.95. The Hall–Kier alpha value is -1.50. The molecule has 2 atom stereocenters. The van der Waals surface area contributed by atoms with Crippen LogP contribution in [0.2, 0.25) is 0 Å². The summed E-state index contributed by atoms with van der Waals surface area (Å²) in [6.45, 7) is 4.13. The van der Waals surface area contributed by atoms with Crippen LogP contribution in [0, 0.1) is 0 Å². The molecule has 146 valence electrons. The molecule has 0 saturated heterocycles. The highest BCUT2D eigenvalue weighted by molar-refractivity contribution is 7.99. The van der Waals surface area contributed by atoms with Gasteiger partial charge in [-0.15, -0.1) is 11.8 Å². The number of sulfonamides is 1. The molecule has 2 N–H and O–H groups in total. The maximum atomic E-state index is 13.0. The lowest BCUT2D eigenvalue weighted by Gasteiger charge is -2.21. The van der Waals surface area contributed by atoms with Crippen molar-refractivity contribution in [2.24, 2.45) is 0 Å². The second kappa shape index (κ2) is 8.67. The molecule has 2 aromatic rings. The Morgan fingerprint density at radius 1 is 1.19 bits per heavy atom. The Kier molecular flexibility index (Phi) is 6.50. The van der Waals surface area contributed by atoms with Gasteiger partial charge in [-0.1, -0.05) is 57.0 Å². The fourth-order valence-electron chi connectivity index (χ4n) is 3.71. The van der Waals surface area contributed by atoms with Crippen molar-refractivity contribution >= 4 is 21.8 Å². The Morgan fingerprint density at radius 2 is 1.93 bits per heavy atom. The molecule has 27 heavy (non-hydrogen) atoms. The second-order valence-corrected chi connectivity index (χ2v) is 9.94. The first-order valence-corrected chi connectivity index (χ1v) is 12.0. The number of rotatable bonds is 6. The van der Waals surface area contributed by atoms with Crippen molar-refractivity contribution in [2.75, 3.05) is 5.75 Å². The number of thioether (sulfide) groups is 1. The van der Waals surface area contributed by atoms with Crippen molar-refractivity contribution < 1.29 is 13.5 Å². The highest BCUT2D eigenvalue weighted by Crippen LogP contribution is 2.42. The van der Waals surface area contributed by atoms with E-state index in [2.05, 4.69) is 23.8 Å². The summed E-state index contributed by atoms with van der Waals surface area (Å²) in [5, 5.41) is 10.4. The van der Waals surface area contributed by atoms with E-state index in [1.54, 1.807) is 0 Å². The van der Waals surface area contributed by atoms with Crippen LogP contribution >= 0.6 is 11.8 Å². The number of nitrogens with one attached hydrogen (secondary N) is 1. The van der Waals surface area contributed by atoms with Gasteiger partial charge in [0.15, 0.2) is 0 Å². The molecular formula is C21H27NO3S2. The average Bonchev–Trinajstić information content (AvgIpc) is 2.76. The number of unbranched alkanes of at least 4 members (excludes halogenated alkanes) is 1. The maximum Gasteiger partial charge on any atom is 0.241 e. The number of phenols is 1. The van der Waals surface area contributed by atoms with Gasteiger partial charge in [0, 0.05) is 22.9 Å². The predicted molar refractivity (Wildman–Crippen MR) is 111 cm³/mol. The van der Waals surface area contributed by atoms with Crippen LogP contribution < -0.4 is 4.72 Å². The van der Waals surface area contributed by atoms with Crippen molar-refractivity contribution in [2.45, 2.75) is 61.3 Å². The molecule has 1 heterocycles. The minimum Gasteiger partial charge on any atom is -0.507 e. The summed E-state index contributed by atoms with van der Waals surface area (Å²) in [4.78, 5) is 0.938. The Labute approximate surface area is 166 Å². The summed E-state index contributed by atoms with van der Waals surface area (Å²) < 4.78 is 29.0. The normalized spacial score (nSPS) is 21.4. The molecule has 0 spiro atoms. The van der Waals surface area contributed by atoms with Gasteiger partial charge in [-0.2, -0.15) is 0 Å². The summed E-state index contributed by atoms with van der Waals surface area (Å²) in [5.74, 6) is 0.821. The van der Waals surface area contributed by atoms with E-state index in [1.807, 2.05) is 31.2 Å². The fraction of sp³-hybridized carbons (Fsp3) is 0.429. The molecule has 0 bridgehead atoms. The first-order valence-electron chi connectivity index (χ1n) is 9.53. The third kappa shape index (κ3) is 4.50. The molecule has 2 aromatic carbocycles. The summed E-state index contributed by atoms with van der Waals surface area (Å²) in [6, 6.07) is 13.3. The van der Waals surface area contributed by atoms with Crippen molar-refractivity contribution in [3.05, 3.63) is 53.6 Å². The van der Waals surface area contributed by atoms with E-state index in [4.69, 9.17) is 0 Å². The van der Waals surface area contributed by atoms with E-state index in [9.17, 15) is 13.5 Å². The van der Waals surface area contributed by atoms with Crippen LogP contribution in [0.25, 0.3) is 0 Å². The number of benzene rings is 2. The Balaban J connectivity index is 2.16. The van der Waals surface area contributed by atoms with Gasteiger partial charge in [0.05, 0.1) is 4.90 Å². The molecule has 4 nitrogen and oxygen atoms in total. The summed E-state index contributed by atoms with van der Waals surface area (Å²) in [5.41, 5.74) is 1.89. The van der Waals surface area contributed by atoms with Crippen LogP contribution in [0.4, 0.5) is 0 Å². The molecule has 1 aliphatic heterocycles. The van der Waals surface area contributed by atoms with E-state index < -0.39 is 10.0 Å². The minimum atomic E-state index is -3.67. The van der Waals surface area contributed by atoms with Gasteiger partial charge in [0.1, 0.15) is 5.75 Å². The van der Waals surface area contributed by atoms with Gasteiger partial charge < -0.3 is 5.11 Å². The summed E-state index contributed by atoms with van der Waals surface area (Å²) in [6.07, 6.45) is 3.54. The van der Waals surface area contributed by atoms with Gasteiger partial charge >= 0.3 is 0 Å². The van der Waals surface area contributed by atoms with E-state index in [0.29, 0.717) is 0 Å². The van der Waals surface area contributed by atoms with Crippen molar-refractivity contribution in [1.82, 2.24) is 4.72 Å². The zero-order chi connectivity index (χ0) is 19.4. The van der Waals surface area contributed by atoms with Gasteiger partial charge in [-0.05, 0) is 35.8 Å². The third-order valence-electron chi connectivity index (χ3n) is 5.01. The van der Waals surface area contributed by atoms with Gasteiger partial charge in [0.2, 0.25) is 10.0 Å².